The van der Waals surface area contributed by atoms with Gasteiger partial charge in [0.05, 0.1) is 0 Å². The molecule has 0 atom stereocenters. The Hall–Kier alpha value is -1.23. The minimum absolute atomic E-state index is 0.121. The van der Waals surface area contributed by atoms with Gasteiger partial charge < -0.3 is 0 Å². The number of nitrogens with zero attached hydrogens (tertiary/aromatic N) is 2. The standard InChI is InChI=1S/C6H4O2.Cl2O2S.N2/c7-5-1-2-6(8)4-3-5;1-5(2,3)4;1-2/h1-4H;;. The highest BCUT2D eigenvalue weighted by Crippen LogP contribution is 1.98. The fourth-order valence-electron chi connectivity index (χ4n) is 0.440. The summed E-state index contributed by atoms with van der Waals surface area (Å²) < 4.78 is 18.3. The largest absolute Gasteiger partial charge is 0.317 e. The summed E-state index contributed by atoms with van der Waals surface area (Å²) in [7, 11) is 4.81. The third-order valence-corrected chi connectivity index (χ3v) is 0.824. The molecule has 0 bridgehead atoms. The zero-order valence-electron chi connectivity index (χ0n) is 7.00. The van der Waals surface area contributed by atoms with Crippen LogP contribution < -0.4 is 0 Å². The van der Waals surface area contributed by atoms with E-state index in [1.807, 2.05) is 0 Å². The lowest BCUT2D eigenvalue weighted by Crippen LogP contribution is -1.97. The van der Waals surface area contributed by atoms with Gasteiger partial charge in [-0.3, -0.25) is 9.59 Å². The Morgan fingerprint density at radius 1 is 0.867 bits per heavy atom. The number of allylic oxidation sites excluding steroid dienone is 4. The number of hydrogen-bond acceptors (Lipinski definition) is 6. The van der Waals surface area contributed by atoms with E-state index in [0.717, 1.165) is 0 Å². The van der Waals surface area contributed by atoms with Crippen LogP contribution in [-0.2, 0) is 17.9 Å². The van der Waals surface area contributed by atoms with Crippen molar-refractivity contribution >= 4 is 41.2 Å². The first-order chi connectivity index (χ1) is 6.79. The van der Waals surface area contributed by atoms with E-state index < -0.39 is 8.26 Å². The molecule has 0 amide bonds. The van der Waals surface area contributed by atoms with E-state index in [1.54, 1.807) is 0 Å². The summed E-state index contributed by atoms with van der Waals surface area (Å²) >= 11 is 0. The first-order valence-electron chi connectivity index (χ1n) is 3.07. The summed E-state index contributed by atoms with van der Waals surface area (Å²) in [6.07, 6.45) is 5.01. The highest BCUT2D eigenvalue weighted by Gasteiger charge is 1.97. The van der Waals surface area contributed by atoms with E-state index in [1.165, 1.54) is 24.3 Å². The minimum Gasteiger partial charge on any atom is -0.290 e. The Kier molecular flexibility index (Phi) is 8.76. The fraction of sp³-hybridized carbons (Fsp3) is 0. The SMILES string of the molecule is N#N.O=C1C=CC(=O)C=C1.O=S(=O)(Cl)Cl. The number of rotatable bonds is 0. The molecule has 0 heterocycles. The molecule has 0 saturated carbocycles. The average molecular weight is 271 g/mol. The van der Waals surface area contributed by atoms with Crippen molar-refractivity contribution in [2.75, 3.05) is 0 Å². The number of carbonyl (C=O) groups excluding carboxylic acids is 2. The number of ketones is 2. The molecule has 9 heteroatoms. The molecule has 0 N–H and O–H groups in total. The molecule has 0 fully saturated rings. The zero-order chi connectivity index (χ0) is 12.5. The van der Waals surface area contributed by atoms with Crippen LogP contribution in [-0.4, -0.2) is 20.0 Å². The summed E-state index contributed by atoms with van der Waals surface area (Å²) in [5.74, 6) is -0.241. The Labute approximate surface area is 94.5 Å². The highest BCUT2D eigenvalue weighted by molar-refractivity contribution is 8.31. The van der Waals surface area contributed by atoms with Crippen molar-refractivity contribution in [1.29, 1.82) is 10.8 Å². The normalized spacial score (nSPS) is 13.3. The maximum Gasteiger partial charge on any atom is 0.317 e. The van der Waals surface area contributed by atoms with Crippen molar-refractivity contribution in [3.63, 3.8) is 0 Å². The molecule has 0 spiro atoms. The van der Waals surface area contributed by atoms with Gasteiger partial charge in [0.2, 0.25) is 0 Å². The monoisotopic (exact) mass is 270 g/mol. The van der Waals surface area contributed by atoms with Crippen molar-refractivity contribution in [2.24, 2.45) is 0 Å². The van der Waals surface area contributed by atoms with Crippen LogP contribution in [0.25, 0.3) is 0 Å². The lowest BCUT2D eigenvalue weighted by atomic mass is 10.2. The molecular weight excluding hydrogens is 267 g/mol. The molecule has 82 valence electrons. The van der Waals surface area contributed by atoms with Crippen LogP contribution in [0.3, 0.4) is 0 Å². The average Bonchev–Trinajstić information content (AvgIpc) is 2.11. The van der Waals surface area contributed by atoms with Gasteiger partial charge in [0.15, 0.2) is 11.6 Å². The van der Waals surface area contributed by atoms with E-state index in [0.29, 0.717) is 0 Å². The van der Waals surface area contributed by atoms with Gasteiger partial charge in [-0.15, -0.1) is 0 Å². The first kappa shape index (κ1) is 16.2. The zero-order valence-corrected chi connectivity index (χ0v) is 9.33. The van der Waals surface area contributed by atoms with E-state index in [-0.39, 0.29) is 11.6 Å². The van der Waals surface area contributed by atoms with E-state index in [2.05, 4.69) is 21.4 Å². The quantitative estimate of drug-likeness (QED) is 0.368. The van der Waals surface area contributed by atoms with Crippen LogP contribution >= 0.6 is 21.4 Å². The Morgan fingerprint density at radius 3 is 1.13 bits per heavy atom. The predicted octanol–water partition coefficient (Wildman–Crippen LogP) is 0.990. The lowest BCUT2D eigenvalue weighted by Gasteiger charge is -1.87. The van der Waals surface area contributed by atoms with Gasteiger partial charge in [0.1, 0.15) is 0 Å². The van der Waals surface area contributed by atoms with Gasteiger partial charge >= 0.3 is 8.26 Å². The minimum atomic E-state index is -3.72. The Morgan fingerprint density at radius 2 is 1.00 bits per heavy atom. The molecule has 0 radical (unpaired) electrons. The van der Waals surface area contributed by atoms with Crippen molar-refractivity contribution in [3.8, 4) is 0 Å². The topological polar surface area (TPSA) is 116 Å². The predicted molar refractivity (Wildman–Crippen MR) is 52.4 cm³/mol. The van der Waals surface area contributed by atoms with E-state index in [9.17, 15) is 9.59 Å². The van der Waals surface area contributed by atoms with E-state index in [4.69, 9.17) is 19.2 Å². The smallest absolute Gasteiger partial charge is 0.290 e. The molecule has 0 aromatic heterocycles. The maximum absolute atomic E-state index is 10.3. The second kappa shape index (κ2) is 8.11. The second-order valence-electron chi connectivity index (χ2n) is 1.85. The molecule has 0 aliphatic heterocycles. The van der Waals surface area contributed by atoms with Crippen LogP contribution in [0.2, 0.25) is 0 Å². The van der Waals surface area contributed by atoms with Gasteiger partial charge in [-0.1, -0.05) is 0 Å². The van der Waals surface area contributed by atoms with Crippen molar-refractivity contribution in [1.82, 2.24) is 0 Å². The second-order valence-corrected chi connectivity index (χ2v) is 5.52. The molecule has 0 unspecified atom stereocenters. The van der Waals surface area contributed by atoms with Gasteiger partial charge in [-0.05, 0) is 24.3 Å². The third kappa shape index (κ3) is 19.3. The first-order valence-corrected chi connectivity index (χ1v) is 6.21. The van der Waals surface area contributed by atoms with Crippen molar-refractivity contribution in [2.45, 2.75) is 0 Å². The van der Waals surface area contributed by atoms with Crippen LogP contribution in [0.1, 0.15) is 0 Å². The Balaban J connectivity index is 0. The maximum atomic E-state index is 10.3. The van der Waals surface area contributed by atoms with Gasteiger partial charge in [-0.25, -0.2) is 0 Å². The third-order valence-electron chi connectivity index (χ3n) is 0.824. The summed E-state index contributed by atoms with van der Waals surface area (Å²) in [5.41, 5.74) is 0. The molecule has 0 saturated heterocycles. The van der Waals surface area contributed by atoms with Crippen LogP contribution in [0.15, 0.2) is 24.3 Å². The number of hydrogen-bond donors (Lipinski definition) is 0. The molecule has 0 aromatic rings. The van der Waals surface area contributed by atoms with Crippen molar-refractivity contribution in [3.05, 3.63) is 24.3 Å². The molecular formula is C6H4Cl2N2O4S. The summed E-state index contributed by atoms with van der Waals surface area (Å²) in [6, 6.07) is 0. The van der Waals surface area contributed by atoms with E-state index >= 15 is 0 Å². The molecule has 1 aliphatic rings. The van der Waals surface area contributed by atoms with Gasteiger partial charge in [-0.2, -0.15) is 8.42 Å². The van der Waals surface area contributed by atoms with Crippen LogP contribution in [0.5, 0.6) is 0 Å². The van der Waals surface area contributed by atoms with Crippen molar-refractivity contribution < 1.29 is 18.0 Å². The van der Waals surface area contributed by atoms with Gasteiger partial charge in [0.25, 0.3) is 0 Å². The fourth-order valence-corrected chi connectivity index (χ4v) is 0.440. The molecule has 15 heavy (non-hydrogen) atoms. The molecule has 1 rings (SSSR count). The Bertz CT molecular complexity index is 364. The summed E-state index contributed by atoms with van der Waals surface area (Å²) in [5, 5.41) is 12.0. The summed E-state index contributed by atoms with van der Waals surface area (Å²) in [4.78, 5) is 20.6. The highest BCUT2D eigenvalue weighted by atomic mass is 36.0. The van der Waals surface area contributed by atoms with Crippen LogP contribution in [0.4, 0.5) is 0 Å². The number of carbonyl (C=O) groups is 2. The van der Waals surface area contributed by atoms with Gasteiger partial charge in [0, 0.05) is 32.2 Å². The summed E-state index contributed by atoms with van der Waals surface area (Å²) in [6.45, 7) is 0. The molecule has 6 nitrogen and oxygen atoms in total. The molecule has 0 aromatic carbocycles. The number of halogens is 2. The lowest BCUT2D eigenvalue weighted by molar-refractivity contribution is -0.113. The molecule has 1 aliphatic carbocycles. The van der Waals surface area contributed by atoms with Crippen LogP contribution in [0, 0.1) is 10.8 Å².